The molecule has 3 rings (SSSR count). The second-order valence-corrected chi connectivity index (χ2v) is 3.95. The predicted molar refractivity (Wildman–Crippen MR) is 50.7 cm³/mol. The average molecular weight is 190 g/mol. The summed E-state index contributed by atoms with van der Waals surface area (Å²) in [6, 6.07) is 0. The van der Waals surface area contributed by atoms with Gasteiger partial charge in [0.1, 0.15) is 0 Å². The summed E-state index contributed by atoms with van der Waals surface area (Å²) in [5, 5.41) is 24.3. The zero-order chi connectivity index (χ0) is 9.71. The lowest BCUT2D eigenvalue weighted by atomic mass is 9.85. The minimum Gasteiger partial charge on any atom is -0.411 e. The van der Waals surface area contributed by atoms with Crippen molar-refractivity contribution in [3.63, 3.8) is 0 Å². The van der Waals surface area contributed by atoms with Crippen molar-refractivity contribution in [3.8, 4) is 0 Å². The summed E-state index contributed by atoms with van der Waals surface area (Å²) in [7, 11) is 0. The van der Waals surface area contributed by atoms with Crippen molar-refractivity contribution in [2.24, 2.45) is 34.0 Å². The largest absolute Gasteiger partial charge is 0.411 e. The third kappa shape index (κ3) is 0.697. The molecule has 0 aliphatic heterocycles. The maximum Gasteiger partial charge on any atom is 0.0839 e. The second-order valence-electron chi connectivity index (χ2n) is 3.95. The van der Waals surface area contributed by atoms with E-state index < -0.39 is 0 Å². The van der Waals surface area contributed by atoms with Crippen LogP contribution < -0.4 is 0 Å². The van der Waals surface area contributed by atoms with Gasteiger partial charge in [0.2, 0.25) is 0 Å². The molecule has 4 heteroatoms. The highest BCUT2D eigenvalue weighted by atomic mass is 16.4. The third-order valence-electron chi connectivity index (χ3n) is 3.49. The van der Waals surface area contributed by atoms with Gasteiger partial charge in [-0.05, 0) is 12.0 Å². The lowest BCUT2D eigenvalue weighted by Crippen LogP contribution is -2.20. The van der Waals surface area contributed by atoms with Gasteiger partial charge >= 0.3 is 0 Å². The minimum atomic E-state index is 0.121. The Labute approximate surface area is 80.9 Å². The van der Waals surface area contributed by atoms with Crippen molar-refractivity contribution in [1.82, 2.24) is 0 Å². The number of oxime groups is 2. The molecule has 2 N–H and O–H groups in total. The molecule has 0 amide bonds. The fourth-order valence-electron chi connectivity index (χ4n) is 2.93. The van der Waals surface area contributed by atoms with Crippen LogP contribution in [-0.2, 0) is 0 Å². The Hall–Kier alpha value is -1.58. The normalized spacial score (nSPS) is 48.3. The molecule has 0 aromatic rings. The summed E-state index contributed by atoms with van der Waals surface area (Å²) < 4.78 is 0. The molecule has 4 atom stereocenters. The first-order valence-electron chi connectivity index (χ1n) is 4.67. The van der Waals surface area contributed by atoms with Crippen LogP contribution in [0.5, 0.6) is 0 Å². The van der Waals surface area contributed by atoms with Crippen molar-refractivity contribution in [3.05, 3.63) is 24.3 Å². The molecule has 0 aromatic carbocycles. The molecule has 3 aliphatic carbocycles. The van der Waals surface area contributed by atoms with E-state index in [1.165, 1.54) is 0 Å². The number of allylic oxidation sites excluding steroid dienone is 4. The zero-order valence-corrected chi connectivity index (χ0v) is 7.41. The molecule has 4 nitrogen and oxygen atoms in total. The highest BCUT2D eigenvalue weighted by Gasteiger charge is 2.52. The fraction of sp³-hybridized carbons (Fsp3) is 0.400. The summed E-state index contributed by atoms with van der Waals surface area (Å²) in [6.45, 7) is 0. The molecule has 0 radical (unpaired) electrons. The number of nitrogens with zero attached hydrogens (tertiary/aromatic N) is 2. The van der Waals surface area contributed by atoms with Gasteiger partial charge in [0.15, 0.2) is 0 Å². The average Bonchev–Trinajstić information content (AvgIpc) is 2.87. The quantitative estimate of drug-likeness (QED) is 0.343. The van der Waals surface area contributed by atoms with E-state index in [1.807, 2.05) is 18.2 Å². The molecular weight excluding hydrogens is 180 g/mol. The summed E-state index contributed by atoms with van der Waals surface area (Å²) in [6.07, 6.45) is 8.01. The molecule has 0 saturated heterocycles. The van der Waals surface area contributed by atoms with Crippen molar-refractivity contribution < 1.29 is 10.4 Å². The van der Waals surface area contributed by atoms with Crippen molar-refractivity contribution in [2.45, 2.75) is 0 Å². The van der Waals surface area contributed by atoms with Crippen LogP contribution in [0.3, 0.4) is 0 Å². The SMILES string of the molecule is O/N=C1/C=CC2C3C=CC(/C3=N/O)C12. The highest BCUT2D eigenvalue weighted by molar-refractivity contribution is 6.09. The summed E-state index contributed by atoms with van der Waals surface area (Å²) >= 11 is 0. The van der Waals surface area contributed by atoms with Gasteiger partial charge in [0.05, 0.1) is 11.4 Å². The van der Waals surface area contributed by atoms with Crippen molar-refractivity contribution in [2.75, 3.05) is 0 Å². The molecule has 1 saturated carbocycles. The van der Waals surface area contributed by atoms with Gasteiger partial charge in [-0.3, -0.25) is 0 Å². The van der Waals surface area contributed by atoms with Crippen LogP contribution in [0.4, 0.5) is 0 Å². The fourth-order valence-corrected chi connectivity index (χ4v) is 2.93. The van der Waals surface area contributed by atoms with Gasteiger partial charge in [-0.15, -0.1) is 0 Å². The maximum atomic E-state index is 8.88. The van der Waals surface area contributed by atoms with E-state index in [2.05, 4.69) is 16.4 Å². The topological polar surface area (TPSA) is 65.2 Å². The lowest BCUT2D eigenvalue weighted by Gasteiger charge is -2.17. The molecule has 0 aromatic heterocycles. The van der Waals surface area contributed by atoms with Crippen molar-refractivity contribution >= 4 is 11.4 Å². The van der Waals surface area contributed by atoms with E-state index in [0.29, 0.717) is 11.6 Å². The molecule has 0 heterocycles. The van der Waals surface area contributed by atoms with Crippen LogP contribution in [0, 0.1) is 23.7 Å². The Morgan fingerprint density at radius 3 is 2.50 bits per heavy atom. The van der Waals surface area contributed by atoms with Gasteiger partial charge in [-0.1, -0.05) is 28.5 Å². The van der Waals surface area contributed by atoms with Crippen LogP contribution in [0.1, 0.15) is 0 Å². The molecule has 4 unspecified atom stereocenters. The Bertz CT molecular complexity index is 395. The van der Waals surface area contributed by atoms with Gasteiger partial charge in [-0.2, -0.15) is 0 Å². The number of rotatable bonds is 0. The zero-order valence-electron chi connectivity index (χ0n) is 7.41. The maximum absolute atomic E-state index is 8.88. The number of fused-ring (bicyclic) bond motifs is 5. The van der Waals surface area contributed by atoms with E-state index in [9.17, 15) is 0 Å². The molecular formula is C10H10N2O2. The van der Waals surface area contributed by atoms with Gasteiger partial charge < -0.3 is 10.4 Å². The van der Waals surface area contributed by atoms with E-state index in [-0.39, 0.29) is 17.8 Å². The van der Waals surface area contributed by atoms with Crippen LogP contribution in [0.15, 0.2) is 34.6 Å². The van der Waals surface area contributed by atoms with Crippen LogP contribution >= 0.6 is 0 Å². The van der Waals surface area contributed by atoms with Crippen LogP contribution in [0.25, 0.3) is 0 Å². The number of hydrogen-bond donors (Lipinski definition) is 2. The molecule has 14 heavy (non-hydrogen) atoms. The summed E-state index contributed by atoms with van der Waals surface area (Å²) in [5.41, 5.74) is 1.51. The van der Waals surface area contributed by atoms with Gasteiger partial charge in [0, 0.05) is 17.8 Å². The van der Waals surface area contributed by atoms with Crippen molar-refractivity contribution in [1.29, 1.82) is 0 Å². The summed E-state index contributed by atoms with van der Waals surface area (Å²) in [4.78, 5) is 0. The Morgan fingerprint density at radius 1 is 1.00 bits per heavy atom. The minimum absolute atomic E-state index is 0.121. The highest BCUT2D eigenvalue weighted by Crippen LogP contribution is 2.49. The first-order chi connectivity index (χ1) is 6.86. The summed E-state index contributed by atoms with van der Waals surface area (Å²) in [5.74, 6) is 0.823. The predicted octanol–water partition coefficient (Wildman–Crippen LogP) is 1.26. The van der Waals surface area contributed by atoms with E-state index in [0.717, 1.165) is 5.71 Å². The van der Waals surface area contributed by atoms with E-state index in [4.69, 9.17) is 10.4 Å². The lowest BCUT2D eigenvalue weighted by molar-refractivity contribution is 0.312. The first-order valence-corrected chi connectivity index (χ1v) is 4.67. The Kier molecular flexibility index (Phi) is 1.37. The standard InChI is InChI=1S/C10H10N2O2/c13-11-8-4-3-5-6-1-2-7(9(5)8)10(6)12-14/h1-7,9,13-14H/b11-8-,12-10+. The Morgan fingerprint density at radius 2 is 1.79 bits per heavy atom. The van der Waals surface area contributed by atoms with Gasteiger partial charge in [-0.25, -0.2) is 0 Å². The molecule has 1 fully saturated rings. The monoisotopic (exact) mass is 190 g/mol. The smallest absolute Gasteiger partial charge is 0.0839 e. The molecule has 3 aliphatic rings. The third-order valence-corrected chi connectivity index (χ3v) is 3.49. The van der Waals surface area contributed by atoms with Crippen LogP contribution in [0.2, 0.25) is 0 Å². The second kappa shape index (κ2) is 2.47. The molecule has 72 valence electrons. The first kappa shape index (κ1) is 7.79. The molecule has 2 bridgehead atoms. The van der Waals surface area contributed by atoms with Crippen LogP contribution in [-0.4, -0.2) is 21.8 Å². The number of hydrogen-bond acceptors (Lipinski definition) is 4. The Balaban J connectivity index is 2.08. The van der Waals surface area contributed by atoms with E-state index >= 15 is 0 Å². The van der Waals surface area contributed by atoms with Gasteiger partial charge in [0.25, 0.3) is 0 Å². The molecule has 0 spiro atoms. The van der Waals surface area contributed by atoms with E-state index in [1.54, 1.807) is 0 Å².